The van der Waals surface area contributed by atoms with E-state index in [1.165, 1.54) is 33.4 Å². The van der Waals surface area contributed by atoms with Gasteiger partial charge in [0.05, 0.1) is 0 Å². The molecule has 1 aromatic carbocycles. The molecule has 1 atom stereocenters. The number of fused-ring (bicyclic) bond motifs is 3. The van der Waals surface area contributed by atoms with Crippen molar-refractivity contribution in [2.45, 2.75) is 6.42 Å². The third-order valence-electron chi connectivity index (χ3n) is 4.76. The van der Waals surface area contributed by atoms with Crippen LogP contribution in [0.4, 0.5) is 0 Å². The highest BCUT2D eigenvalue weighted by Gasteiger charge is 2.36. The molecule has 0 radical (unpaired) electrons. The normalized spacial score (nSPS) is 24.6. The summed E-state index contributed by atoms with van der Waals surface area (Å²) < 4.78 is 0. The number of rotatable bonds is 0. The summed E-state index contributed by atoms with van der Waals surface area (Å²) in [5.74, 6) is 0.454. The fourth-order valence-corrected chi connectivity index (χ4v) is 3.93. The van der Waals surface area contributed by atoms with Crippen molar-refractivity contribution >= 4 is 11.1 Å². The molecule has 0 aliphatic heterocycles. The van der Waals surface area contributed by atoms with E-state index < -0.39 is 0 Å². The van der Waals surface area contributed by atoms with Gasteiger partial charge in [-0.3, -0.25) is 0 Å². The van der Waals surface area contributed by atoms with Crippen molar-refractivity contribution in [1.29, 1.82) is 0 Å². The van der Waals surface area contributed by atoms with Gasteiger partial charge in [0.1, 0.15) is 0 Å². The Balaban J connectivity index is 1.94. The van der Waals surface area contributed by atoms with E-state index in [0.29, 0.717) is 5.92 Å². The highest BCUT2D eigenvalue weighted by atomic mass is 14.4. The second kappa shape index (κ2) is 3.61. The zero-order valence-corrected chi connectivity index (χ0v) is 11.1. The molecule has 0 saturated heterocycles. The fourth-order valence-electron chi connectivity index (χ4n) is 3.93. The quantitative estimate of drug-likeness (QED) is 0.621. The van der Waals surface area contributed by atoms with Gasteiger partial charge in [0, 0.05) is 5.92 Å². The first-order chi connectivity index (χ1) is 9.93. The lowest BCUT2D eigenvalue weighted by Gasteiger charge is -2.38. The van der Waals surface area contributed by atoms with Crippen LogP contribution >= 0.6 is 0 Å². The molecule has 0 nitrogen and oxygen atoms in total. The van der Waals surface area contributed by atoms with Crippen LogP contribution in [0.5, 0.6) is 0 Å². The maximum absolute atomic E-state index is 2.32. The molecular formula is C20H14. The highest BCUT2D eigenvalue weighted by Crippen LogP contribution is 2.53. The lowest BCUT2D eigenvalue weighted by molar-refractivity contribution is 0.899. The van der Waals surface area contributed by atoms with E-state index in [9.17, 15) is 0 Å². The third-order valence-corrected chi connectivity index (χ3v) is 4.76. The van der Waals surface area contributed by atoms with Crippen LogP contribution in [0.1, 0.15) is 17.5 Å². The molecule has 0 N–H and O–H groups in total. The van der Waals surface area contributed by atoms with Crippen LogP contribution < -0.4 is 0 Å². The largest absolute Gasteiger partial charge is 0.0795 e. The number of allylic oxidation sites excluding steroid dienone is 12. The standard InChI is InChI=1S/C20H14/c1-2-8-16-15(7-1)17-9-3-5-13-11-12-14-6-4-10-18(16)20(14)19(13)17/h1-5,7-12,19H,6H2. The van der Waals surface area contributed by atoms with Crippen molar-refractivity contribution in [3.05, 3.63) is 94.6 Å². The summed E-state index contributed by atoms with van der Waals surface area (Å²) in [5, 5.41) is 0. The average Bonchev–Trinajstić information content (AvgIpc) is 2.53. The van der Waals surface area contributed by atoms with E-state index in [0.717, 1.165) is 6.42 Å². The number of hydrogen-bond acceptors (Lipinski definition) is 0. The van der Waals surface area contributed by atoms with Gasteiger partial charge in [0.2, 0.25) is 0 Å². The van der Waals surface area contributed by atoms with E-state index >= 15 is 0 Å². The summed E-state index contributed by atoms with van der Waals surface area (Å²) in [5.41, 5.74) is 10.2. The summed E-state index contributed by atoms with van der Waals surface area (Å²) in [6.07, 6.45) is 17.1. The van der Waals surface area contributed by atoms with Gasteiger partial charge in [0.15, 0.2) is 0 Å². The molecule has 1 unspecified atom stereocenters. The van der Waals surface area contributed by atoms with Gasteiger partial charge >= 0.3 is 0 Å². The third kappa shape index (κ3) is 1.17. The molecule has 0 bridgehead atoms. The first-order valence-electron chi connectivity index (χ1n) is 7.23. The molecule has 0 heterocycles. The zero-order chi connectivity index (χ0) is 13.1. The molecule has 0 fully saturated rings. The SMILES string of the molecule is C1=CC2=CC=C3CC=CC4=C3C2C(=C1)c1ccccc14. The van der Waals surface area contributed by atoms with Gasteiger partial charge in [-0.15, -0.1) is 0 Å². The minimum absolute atomic E-state index is 0.454. The molecule has 0 amide bonds. The first-order valence-corrected chi connectivity index (χ1v) is 7.23. The predicted octanol–water partition coefficient (Wildman–Crippen LogP) is 4.85. The van der Waals surface area contributed by atoms with E-state index in [-0.39, 0.29) is 0 Å². The Bertz CT molecular complexity index is 819. The fraction of sp³-hybridized carbons (Fsp3) is 0.100. The van der Waals surface area contributed by atoms with E-state index in [1.807, 2.05) is 0 Å². The summed E-state index contributed by atoms with van der Waals surface area (Å²) >= 11 is 0. The van der Waals surface area contributed by atoms with Gasteiger partial charge in [0.25, 0.3) is 0 Å². The second-order valence-corrected chi connectivity index (χ2v) is 5.75. The van der Waals surface area contributed by atoms with Crippen molar-refractivity contribution in [2.24, 2.45) is 5.92 Å². The van der Waals surface area contributed by atoms with Crippen LogP contribution in [0.3, 0.4) is 0 Å². The van der Waals surface area contributed by atoms with E-state index in [2.05, 4.69) is 66.8 Å². The summed E-state index contributed by atoms with van der Waals surface area (Å²) in [6.45, 7) is 0. The van der Waals surface area contributed by atoms with Crippen molar-refractivity contribution in [3.63, 3.8) is 0 Å². The maximum Gasteiger partial charge on any atom is 0.0355 e. The predicted molar refractivity (Wildman–Crippen MR) is 83.9 cm³/mol. The number of benzene rings is 1. The molecule has 0 spiro atoms. The van der Waals surface area contributed by atoms with Crippen LogP contribution in [-0.2, 0) is 0 Å². The second-order valence-electron chi connectivity index (χ2n) is 5.75. The van der Waals surface area contributed by atoms with Crippen molar-refractivity contribution in [1.82, 2.24) is 0 Å². The minimum atomic E-state index is 0.454. The summed E-state index contributed by atoms with van der Waals surface area (Å²) in [4.78, 5) is 0. The first kappa shape index (κ1) is 10.4. The van der Waals surface area contributed by atoms with E-state index in [1.54, 1.807) is 5.57 Å². The summed E-state index contributed by atoms with van der Waals surface area (Å²) in [6, 6.07) is 8.83. The molecule has 0 aromatic heterocycles. The Morgan fingerprint density at radius 1 is 0.900 bits per heavy atom. The molecule has 5 rings (SSSR count). The molecule has 4 aliphatic carbocycles. The van der Waals surface area contributed by atoms with Gasteiger partial charge in [-0.25, -0.2) is 0 Å². The molecule has 20 heavy (non-hydrogen) atoms. The van der Waals surface area contributed by atoms with Crippen LogP contribution in [-0.4, -0.2) is 0 Å². The zero-order valence-electron chi connectivity index (χ0n) is 11.1. The average molecular weight is 254 g/mol. The molecule has 1 aromatic rings. The van der Waals surface area contributed by atoms with Crippen LogP contribution in [0.2, 0.25) is 0 Å². The maximum atomic E-state index is 2.32. The molecule has 0 saturated carbocycles. The smallest absolute Gasteiger partial charge is 0.0355 e. The monoisotopic (exact) mass is 254 g/mol. The minimum Gasteiger partial charge on any atom is -0.0795 e. The molecular weight excluding hydrogens is 240 g/mol. The molecule has 94 valence electrons. The Labute approximate surface area is 118 Å². The number of hydrogen-bond donors (Lipinski definition) is 0. The molecule has 4 aliphatic rings. The Kier molecular flexibility index (Phi) is 1.88. The van der Waals surface area contributed by atoms with Crippen molar-refractivity contribution in [3.8, 4) is 0 Å². The van der Waals surface area contributed by atoms with Crippen molar-refractivity contribution in [2.75, 3.05) is 0 Å². The Morgan fingerprint density at radius 2 is 1.80 bits per heavy atom. The van der Waals surface area contributed by atoms with Gasteiger partial charge < -0.3 is 0 Å². The Hall–Kier alpha value is -2.34. The lowest BCUT2D eigenvalue weighted by Crippen LogP contribution is -2.22. The molecule has 0 heteroatoms. The van der Waals surface area contributed by atoms with Gasteiger partial charge in [-0.05, 0) is 45.4 Å². The summed E-state index contributed by atoms with van der Waals surface area (Å²) in [7, 11) is 0. The van der Waals surface area contributed by atoms with Gasteiger partial charge in [-0.1, -0.05) is 66.8 Å². The van der Waals surface area contributed by atoms with Gasteiger partial charge in [-0.2, -0.15) is 0 Å². The lowest BCUT2D eigenvalue weighted by atomic mass is 9.65. The van der Waals surface area contributed by atoms with Crippen LogP contribution in [0.15, 0.2) is 83.5 Å². The Morgan fingerprint density at radius 3 is 2.75 bits per heavy atom. The highest BCUT2D eigenvalue weighted by molar-refractivity contribution is 5.97. The van der Waals surface area contributed by atoms with E-state index in [4.69, 9.17) is 0 Å². The van der Waals surface area contributed by atoms with Crippen LogP contribution in [0, 0.1) is 5.92 Å². The van der Waals surface area contributed by atoms with Crippen LogP contribution in [0.25, 0.3) is 11.1 Å². The van der Waals surface area contributed by atoms with Crippen molar-refractivity contribution < 1.29 is 0 Å². The topological polar surface area (TPSA) is 0 Å².